The van der Waals surface area contributed by atoms with Gasteiger partial charge in [-0.1, -0.05) is 48.5 Å². The molecule has 25 heavy (non-hydrogen) atoms. The number of anilines is 2. The van der Waals surface area contributed by atoms with E-state index in [4.69, 9.17) is 9.84 Å². The van der Waals surface area contributed by atoms with Gasteiger partial charge in [-0.25, -0.2) is 0 Å². The Kier molecular flexibility index (Phi) is 5.73. The molecular weight excluding hydrogens is 318 g/mol. The van der Waals surface area contributed by atoms with E-state index in [9.17, 15) is 0 Å². The first-order valence-electron chi connectivity index (χ1n) is 7.95. The lowest BCUT2D eigenvalue weighted by molar-refractivity contribution is 0.310. The SMILES string of the molecule is OCCNc1nc(NCc2ccccc2)nc(Oc2ccccc2)n1. The summed E-state index contributed by atoms with van der Waals surface area (Å²) in [7, 11) is 0. The summed E-state index contributed by atoms with van der Waals surface area (Å²) in [6, 6.07) is 19.4. The molecule has 0 spiro atoms. The predicted molar refractivity (Wildman–Crippen MR) is 95.7 cm³/mol. The maximum atomic E-state index is 8.97. The highest BCUT2D eigenvalue weighted by Crippen LogP contribution is 2.19. The minimum Gasteiger partial charge on any atom is -0.424 e. The Labute approximate surface area is 145 Å². The monoisotopic (exact) mass is 337 g/mol. The van der Waals surface area contributed by atoms with Crippen LogP contribution < -0.4 is 15.4 Å². The number of hydrogen-bond acceptors (Lipinski definition) is 7. The van der Waals surface area contributed by atoms with E-state index in [0.717, 1.165) is 5.56 Å². The standard InChI is InChI=1S/C18H19N5O2/c24-12-11-19-16-21-17(20-13-14-7-3-1-4-8-14)23-18(22-16)25-15-9-5-2-6-10-15/h1-10,24H,11-13H2,(H2,19,20,21,22,23). The molecule has 3 N–H and O–H groups in total. The third-order valence-electron chi connectivity index (χ3n) is 3.26. The number of aliphatic hydroxyl groups is 1. The molecule has 0 aliphatic rings. The average Bonchev–Trinajstić information content (AvgIpc) is 2.66. The summed E-state index contributed by atoms with van der Waals surface area (Å²) in [5, 5.41) is 15.1. The lowest BCUT2D eigenvalue weighted by atomic mass is 10.2. The van der Waals surface area contributed by atoms with Gasteiger partial charge in [-0.3, -0.25) is 0 Å². The zero-order chi connectivity index (χ0) is 17.3. The highest BCUT2D eigenvalue weighted by Gasteiger charge is 2.08. The van der Waals surface area contributed by atoms with Gasteiger partial charge >= 0.3 is 6.01 Å². The van der Waals surface area contributed by atoms with E-state index in [-0.39, 0.29) is 12.6 Å². The van der Waals surface area contributed by atoms with Crippen molar-refractivity contribution in [3.8, 4) is 11.8 Å². The molecule has 0 amide bonds. The molecule has 0 fully saturated rings. The van der Waals surface area contributed by atoms with E-state index in [2.05, 4.69) is 25.6 Å². The van der Waals surface area contributed by atoms with Crippen LogP contribution in [0.1, 0.15) is 5.56 Å². The van der Waals surface area contributed by atoms with E-state index in [1.54, 1.807) is 0 Å². The molecule has 0 aliphatic heterocycles. The fourth-order valence-corrected chi connectivity index (χ4v) is 2.10. The van der Waals surface area contributed by atoms with Crippen LogP contribution >= 0.6 is 0 Å². The molecule has 3 aromatic rings. The number of hydrogen-bond donors (Lipinski definition) is 3. The summed E-state index contributed by atoms with van der Waals surface area (Å²) in [6.07, 6.45) is 0. The summed E-state index contributed by atoms with van der Waals surface area (Å²) >= 11 is 0. The molecule has 1 aromatic heterocycles. The van der Waals surface area contributed by atoms with E-state index in [0.29, 0.717) is 30.7 Å². The highest BCUT2D eigenvalue weighted by atomic mass is 16.5. The predicted octanol–water partition coefficient (Wildman–Crippen LogP) is 2.68. The number of nitrogens with one attached hydrogen (secondary N) is 2. The first-order valence-corrected chi connectivity index (χ1v) is 7.95. The maximum absolute atomic E-state index is 8.97. The minimum atomic E-state index is -0.0205. The normalized spacial score (nSPS) is 10.3. The third-order valence-corrected chi connectivity index (χ3v) is 3.26. The lowest BCUT2D eigenvalue weighted by Gasteiger charge is -2.10. The number of ether oxygens (including phenoxy) is 1. The Morgan fingerprint density at radius 2 is 1.44 bits per heavy atom. The van der Waals surface area contributed by atoms with Crippen molar-refractivity contribution in [3.05, 3.63) is 66.2 Å². The summed E-state index contributed by atoms with van der Waals surface area (Å²) < 4.78 is 5.69. The van der Waals surface area contributed by atoms with Crippen LogP contribution in [0, 0.1) is 0 Å². The summed E-state index contributed by atoms with van der Waals surface area (Å²) in [5.74, 6) is 1.37. The van der Waals surface area contributed by atoms with Gasteiger partial charge in [0.05, 0.1) is 6.61 Å². The van der Waals surface area contributed by atoms with Gasteiger partial charge in [0, 0.05) is 13.1 Å². The van der Waals surface area contributed by atoms with Crippen molar-refractivity contribution in [2.75, 3.05) is 23.8 Å². The van der Waals surface area contributed by atoms with Gasteiger partial charge in [0.2, 0.25) is 11.9 Å². The Bertz CT molecular complexity index is 784. The van der Waals surface area contributed by atoms with Crippen LogP contribution in [-0.4, -0.2) is 33.2 Å². The van der Waals surface area contributed by atoms with Crippen LogP contribution in [0.2, 0.25) is 0 Å². The van der Waals surface area contributed by atoms with Crippen LogP contribution in [0.4, 0.5) is 11.9 Å². The zero-order valence-corrected chi connectivity index (χ0v) is 13.6. The van der Waals surface area contributed by atoms with Crippen LogP contribution in [0.25, 0.3) is 0 Å². The molecule has 0 bridgehead atoms. The largest absolute Gasteiger partial charge is 0.424 e. The Balaban J connectivity index is 1.77. The topological polar surface area (TPSA) is 92.2 Å². The van der Waals surface area contributed by atoms with E-state index >= 15 is 0 Å². The van der Waals surface area contributed by atoms with Crippen molar-refractivity contribution in [3.63, 3.8) is 0 Å². The van der Waals surface area contributed by atoms with Crippen molar-refractivity contribution in [1.82, 2.24) is 15.0 Å². The smallest absolute Gasteiger partial charge is 0.328 e. The summed E-state index contributed by atoms with van der Waals surface area (Å²) in [5.41, 5.74) is 1.11. The van der Waals surface area contributed by atoms with Gasteiger partial charge in [-0.2, -0.15) is 15.0 Å². The molecule has 1 heterocycles. The maximum Gasteiger partial charge on any atom is 0.328 e. The molecule has 3 rings (SSSR count). The molecule has 0 radical (unpaired) electrons. The van der Waals surface area contributed by atoms with Crippen LogP contribution in [0.5, 0.6) is 11.8 Å². The van der Waals surface area contributed by atoms with Gasteiger partial charge in [0.15, 0.2) is 0 Å². The van der Waals surface area contributed by atoms with E-state index < -0.39 is 0 Å². The summed E-state index contributed by atoms with van der Waals surface area (Å²) in [6.45, 7) is 0.898. The number of para-hydroxylation sites is 1. The van der Waals surface area contributed by atoms with E-state index in [1.165, 1.54) is 0 Å². The molecule has 0 saturated carbocycles. The van der Waals surface area contributed by atoms with Gasteiger partial charge in [0.1, 0.15) is 5.75 Å². The fraction of sp³-hybridized carbons (Fsp3) is 0.167. The van der Waals surface area contributed by atoms with Gasteiger partial charge in [-0.05, 0) is 17.7 Å². The van der Waals surface area contributed by atoms with Crippen LogP contribution in [-0.2, 0) is 6.54 Å². The molecule has 0 saturated heterocycles. The van der Waals surface area contributed by atoms with Crippen molar-refractivity contribution in [1.29, 1.82) is 0 Å². The minimum absolute atomic E-state index is 0.0205. The number of aromatic nitrogens is 3. The highest BCUT2D eigenvalue weighted by molar-refractivity contribution is 5.38. The molecular formula is C18H19N5O2. The fourth-order valence-electron chi connectivity index (χ4n) is 2.10. The third kappa shape index (κ3) is 5.15. The second-order valence-corrected chi connectivity index (χ2v) is 5.17. The lowest BCUT2D eigenvalue weighted by Crippen LogP contribution is -2.12. The van der Waals surface area contributed by atoms with E-state index in [1.807, 2.05) is 60.7 Å². The Morgan fingerprint density at radius 1 is 0.800 bits per heavy atom. The molecule has 7 nitrogen and oxygen atoms in total. The Hall–Kier alpha value is -3.19. The summed E-state index contributed by atoms with van der Waals surface area (Å²) in [4.78, 5) is 12.8. The van der Waals surface area contributed by atoms with Gasteiger partial charge in [0.25, 0.3) is 0 Å². The Morgan fingerprint density at radius 3 is 2.12 bits per heavy atom. The molecule has 128 valence electrons. The number of rotatable bonds is 8. The first kappa shape index (κ1) is 16.7. The van der Waals surface area contributed by atoms with Crippen LogP contribution in [0.15, 0.2) is 60.7 Å². The van der Waals surface area contributed by atoms with Gasteiger partial charge in [-0.15, -0.1) is 0 Å². The van der Waals surface area contributed by atoms with Crippen molar-refractivity contribution >= 4 is 11.9 Å². The average molecular weight is 337 g/mol. The van der Waals surface area contributed by atoms with Gasteiger partial charge < -0.3 is 20.5 Å². The number of nitrogens with zero attached hydrogens (tertiary/aromatic N) is 3. The zero-order valence-electron chi connectivity index (χ0n) is 13.6. The van der Waals surface area contributed by atoms with Crippen molar-refractivity contribution in [2.45, 2.75) is 6.54 Å². The number of benzene rings is 2. The van der Waals surface area contributed by atoms with Crippen molar-refractivity contribution < 1.29 is 9.84 Å². The second kappa shape index (κ2) is 8.60. The van der Waals surface area contributed by atoms with Crippen LogP contribution in [0.3, 0.4) is 0 Å². The molecule has 7 heteroatoms. The quantitative estimate of drug-likeness (QED) is 0.582. The number of aliphatic hydroxyl groups excluding tert-OH is 1. The molecule has 0 unspecified atom stereocenters. The van der Waals surface area contributed by atoms with Crippen molar-refractivity contribution in [2.24, 2.45) is 0 Å². The first-order chi connectivity index (χ1) is 12.3. The molecule has 0 aliphatic carbocycles. The molecule has 2 aromatic carbocycles. The second-order valence-electron chi connectivity index (χ2n) is 5.17. The molecule has 0 atom stereocenters.